The number of phosphoric ester groups is 3. The van der Waals surface area contributed by atoms with Gasteiger partial charge in [0.25, 0.3) is 0 Å². The Morgan fingerprint density at radius 2 is 1.72 bits per heavy atom. The van der Waals surface area contributed by atoms with Crippen LogP contribution in [-0.2, 0) is 59.1 Å². The average molecular weight is 1150 g/mol. The molecule has 2 amide bonds. The Kier molecular flexibility index (Phi) is 18.0. The first-order valence-electron chi connectivity index (χ1n) is 19.2. The number of alkyl halides is 3. The fraction of sp³-hybridized carbons (Fsp3) is 0.485. The molecule has 0 spiro atoms. The van der Waals surface area contributed by atoms with Gasteiger partial charge >= 0.3 is 29.6 Å². The summed E-state index contributed by atoms with van der Waals surface area (Å²) in [6.07, 6.45) is -12.3. The summed E-state index contributed by atoms with van der Waals surface area (Å²) in [4.78, 5) is 89.1. The molecular formula is C33H40BrClF4N9O17P3S. The molecule has 3 aromatic heterocycles. The van der Waals surface area contributed by atoms with Crippen molar-refractivity contribution in [2.45, 2.75) is 57.1 Å². The Hall–Kier alpha value is -3.52. The van der Waals surface area contributed by atoms with E-state index in [1.165, 1.54) is 13.8 Å². The first kappa shape index (κ1) is 56.4. The first-order chi connectivity index (χ1) is 31.8. The number of aromatic nitrogens is 6. The van der Waals surface area contributed by atoms with Gasteiger partial charge in [0.2, 0.25) is 16.9 Å². The third-order valence-electron chi connectivity index (χ3n) is 9.52. The van der Waals surface area contributed by atoms with Crippen LogP contribution in [0.3, 0.4) is 0 Å². The predicted molar refractivity (Wildman–Crippen MR) is 233 cm³/mol. The maximum atomic E-state index is 14.8. The van der Waals surface area contributed by atoms with E-state index in [9.17, 15) is 75.4 Å². The molecule has 4 heterocycles. The predicted octanol–water partition coefficient (Wildman–Crippen LogP) is 2.95. The van der Waals surface area contributed by atoms with Crippen molar-refractivity contribution >= 4 is 96.7 Å². The van der Waals surface area contributed by atoms with E-state index in [0.29, 0.717) is 16.4 Å². The third-order valence-corrected chi connectivity index (χ3v) is 14.6. The van der Waals surface area contributed by atoms with Crippen LogP contribution in [0.4, 0.5) is 23.4 Å². The lowest BCUT2D eigenvalue weighted by molar-refractivity contribution is -0.144. The number of aliphatic hydroxyl groups is 2. The minimum Gasteiger partial charge on any atom is -0.386 e. The maximum absolute atomic E-state index is 14.8. The molecule has 1 aromatic carbocycles. The van der Waals surface area contributed by atoms with Crippen LogP contribution in [-0.4, -0.2) is 132 Å². The van der Waals surface area contributed by atoms with E-state index in [1.54, 1.807) is 0 Å². The van der Waals surface area contributed by atoms with E-state index in [-0.39, 0.29) is 52.8 Å². The molecule has 7 atom stereocenters. The van der Waals surface area contributed by atoms with Gasteiger partial charge in [0, 0.05) is 48.9 Å². The Labute approximate surface area is 403 Å². The van der Waals surface area contributed by atoms with Gasteiger partial charge in [0.05, 0.1) is 29.0 Å². The van der Waals surface area contributed by atoms with Crippen molar-refractivity contribution in [2.75, 3.05) is 37.8 Å². The average Bonchev–Trinajstić information content (AvgIpc) is 3.89. The Morgan fingerprint density at radius 3 is 2.36 bits per heavy atom. The molecule has 1 fully saturated rings. The van der Waals surface area contributed by atoms with E-state index < -0.39 is 123 Å². The summed E-state index contributed by atoms with van der Waals surface area (Å²) in [5.74, 6) is -2.89. The molecule has 1 aliphatic rings. The number of ether oxygens (including phenoxy) is 1. The second-order valence-corrected chi connectivity index (χ2v) is 21.7. The Bertz CT molecular complexity index is 2740. The zero-order chi connectivity index (χ0) is 51.6. The largest absolute Gasteiger partial charge is 0.481 e. The first-order valence-corrected chi connectivity index (χ1v) is 25.9. The number of carbonyl (C=O) groups is 3. The summed E-state index contributed by atoms with van der Waals surface area (Å²) < 4.78 is 117. The fourth-order valence-corrected chi connectivity index (χ4v) is 10.8. The van der Waals surface area contributed by atoms with Gasteiger partial charge in [-0.25, -0.2) is 33.0 Å². The minimum absolute atomic E-state index is 0.00195. The smallest absolute Gasteiger partial charge is 0.386 e. The highest BCUT2D eigenvalue weighted by molar-refractivity contribution is 9.10. The van der Waals surface area contributed by atoms with E-state index in [2.05, 4.69) is 55.4 Å². The highest BCUT2D eigenvalue weighted by Crippen LogP contribution is 2.61. The van der Waals surface area contributed by atoms with E-state index in [4.69, 9.17) is 31.1 Å². The molecular weight excluding hydrogens is 1110 g/mol. The number of anilines is 1. The number of nitrogens with zero attached hydrogens (tertiary/aromatic N) is 6. The fourth-order valence-electron chi connectivity index (χ4n) is 6.22. The second-order valence-electron chi connectivity index (χ2n) is 15.1. The van der Waals surface area contributed by atoms with Gasteiger partial charge in [-0.3, -0.25) is 37.2 Å². The van der Waals surface area contributed by atoms with E-state index in [0.717, 1.165) is 36.4 Å². The number of fused-ring (bicyclic) bond motifs is 1. The summed E-state index contributed by atoms with van der Waals surface area (Å²) in [6.45, 7) is -0.251. The zero-order valence-electron chi connectivity index (χ0n) is 35.4. The number of amides is 2. The number of imidazole rings is 1. The molecule has 5 rings (SSSR count). The van der Waals surface area contributed by atoms with Crippen LogP contribution in [0.15, 0.2) is 29.3 Å². The number of carbonyl (C=O) groups excluding carboxylic acids is 3. The van der Waals surface area contributed by atoms with Crippen LogP contribution >= 0.6 is 62.8 Å². The third kappa shape index (κ3) is 14.3. The molecule has 1 aliphatic heterocycles. The summed E-state index contributed by atoms with van der Waals surface area (Å²) in [7, 11) is -15.6. The zero-order valence-corrected chi connectivity index (χ0v) is 41.2. The normalized spacial score (nSPS) is 20.1. The number of rotatable bonds is 21. The second kappa shape index (κ2) is 22.1. The van der Waals surface area contributed by atoms with Crippen LogP contribution in [0.1, 0.15) is 42.5 Å². The number of hydrogen-bond donors (Lipinski definition) is 9. The van der Waals surface area contributed by atoms with Gasteiger partial charge in [-0.2, -0.15) is 22.6 Å². The number of phosphoric acid groups is 3. The van der Waals surface area contributed by atoms with Gasteiger partial charge in [-0.15, -0.1) is 0 Å². The molecule has 0 aliphatic carbocycles. The van der Waals surface area contributed by atoms with Gasteiger partial charge in [0.15, 0.2) is 23.4 Å². The molecule has 382 valence electrons. The lowest BCUT2D eigenvalue weighted by Crippen LogP contribution is -2.46. The number of aryl methyl sites for hydroxylation is 1. The van der Waals surface area contributed by atoms with Crippen LogP contribution in [0.5, 0.6) is 0 Å². The van der Waals surface area contributed by atoms with Crippen molar-refractivity contribution in [1.29, 1.82) is 0 Å². The van der Waals surface area contributed by atoms with Gasteiger partial charge < -0.3 is 50.9 Å². The number of halogens is 6. The minimum atomic E-state index is -5.65. The Morgan fingerprint density at radius 1 is 1.06 bits per heavy atom. The summed E-state index contributed by atoms with van der Waals surface area (Å²) >= 11 is 9.50. The molecule has 10 N–H and O–H groups in total. The maximum Gasteiger partial charge on any atom is 0.481 e. The van der Waals surface area contributed by atoms with Crippen molar-refractivity contribution in [1.82, 2.24) is 39.9 Å². The monoisotopic (exact) mass is 1150 g/mol. The van der Waals surface area contributed by atoms with Gasteiger partial charge in [-0.05, 0) is 28.1 Å². The number of hydrogen-bond acceptors (Lipinski definition) is 19. The van der Waals surface area contributed by atoms with E-state index in [1.807, 2.05) is 0 Å². The molecule has 0 radical (unpaired) electrons. The topological polar surface area (TPSA) is 381 Å². The lowest BCUT2D eigenvalue weighted by Gasteiger charge is -2.30. The molecule has 4 aromatic rings. The summed E-state index contributed by atoms with van der Waals surface area (Å²) in [5.41, 5.74) is 1.78. The highest BCUT2D eigenvalue weighted by atomic mass is 79.9. The van der Waals surface area contributed by atoms with Crippen molar-refractivity contribution < 1.29 is 98.0 Å². The summed E-state index contributed by atoms with van der Waals surface area (Å²) in [5, 5.41) is 29.0. The summed E-state index contributed by atoms with van der Waals surface area (Å²) in [6, 6.07) is 1.70. The SMILES string of the molecule is Cn1nc(-c2cc(C(=O)SCCNC(=O)CCNC(=O)C(O)C(C)(C)COP(=O)(O)OP(=O)(O)OCC3OC(n4cnc5c(N)ncnc54)C(O)C3OP(=O)(O)O)c(Cl)cc2F)c(Br)c1C(F)(F)F. The van der Waals surface area contributed by atoms with Crippen molar-refractivity contribution in [3.8, 4) is 11.3 Å². The molecule has 0 bridgehead atoms. The lowest BCUT2D eigenvalue weighted by atomic mass is 9.87. The number of nitrogens with one attached hydrogen (secondary N) is 2. The number of nitrogens with two attached hydrogens (primary N) is 1. The number of thioether (sulfide) groups is 1. The number of aliphatic hydroxyl groups excluding tert-OH is 2. The molecule has 0 saturated carbocycles. The van der Waals surface area contributed by atoms with Crippen LogP contribution in [0.2, 0.25) is 5.02 Å². The van der Waals surface area contributed by atoms with E-state index >= 15 is 0 Å². The molecule has 26 nitrogen and oxygen atoms in total. The van der Waals surface area contributed by atoms with Crippen LogP contribution in [0.25, 0.3) is 22.4 Å². The van der Waals surface area contributed by atoms with Gasteiger partial charge in [-0.1, -0.05) is 37.2 Å². The molecule has 36 heteroatoms. The molecule has 1 saturated heterocycles. The Balaban J connectivity index is 1.05. The standard InChI is InChI=1S/C33H40BrClF4N9O17P3S/c1-32(2,11-62-68(59,60)65-67(57,58)61-10-18-24(64-66(54,55)56)23(50)30(63-18)48-13-45-22-27(40)43-12-44-28(22)48)26(51)29(52)42-5-4-19(49)41-6-7-69-31(53)14-8-15(17(36)9-16(14)35)21-20(34)25(33(37,38)39)47(3)46-21/h8-9,12-13,18,23-24,26,30,50-51H,4-7,10-11H2,1-3H3,(H,41,49)(H,42,52)(H,57,58)(H,59,60)(H2,40,43,44)(H2,54,55,56). The van der Waals surface area contributed by atoms with Crippen molar-refractivity contribution in [3.63, 3.8) is 0 Å². The van der Waals surface area contributed by atoms with Crippen molar-refractivity contribution in [2.24, 2.45) is 12.5 Å². The quantitative estimate of drug-likeness (QED) is 0.0329. The molecule has 69 heavy (non-hydrogen) atoms. The van der Waals surface area contributed by atoms with Crippen molar-refractivity contribution in [3.05, 3.63) is 51.4 Å². The molecule has 7 unspecified atom stereocenters. The highest BCUT2D eigenvalue weighted by Gasteiger charge is 2.50. The van der Waals surface area contributed by atoms with Crippen LogP contribution < -0.4 is 16.4 Å². The number of nitrogen functional groups attached to an aromatic ring is 1. The number of benzene rings is 1. The van der Waals surface area contributed by atoms with Gasteiger partial charge in [0.1, 0.15) is 47.8 Å². The van der Waals surface area contributed by atoms with Crippen LogP contribution in [0, 0.1) is 11.2 Å².